The minimum Gasteiger partial charge on any atom is -0.481 e. The van der Waals surface area contributed by atoms with Crippen LogP contribution in [0, 0.1) is 17.8 Å². The van der Waals surface area contributed by atoms with Crippen molar-refractivity contribution in [3.8, 4) is 0 Å². The summed E-state index contributed by atoms with van der Waals surface area (Å²) in [5, 5.41) is 9.59. The SMILES string of the molecule is CCN1CCN(C(=O)CC2CCN(C(=O)C(C(=O)O)C3CCCC3)CC2)CC1. The van der Waals surface area contributed by atoms with Gasteiger partial charge in [0.1, 0.15) is 5.92 Å². The highest BCUT2D eigenvalue weighted by molar-refractivity contribution is 5.97. The first-order valence-electron chi connectivity index (χ1n) is 11.0. The molecule has 2 aliphatic heterocycles. The van der Waals surface area contributed by atoms with Gasteiger partial charge in [-0.2, -0.15) is 0 Å². The Hall–Kier alpha value is -1.63. The number of nitrogens with zero attached hydrogens (tertiary/aromatic N) is 3. The number of carboxylic acid groups (broad SMARTS) is 1. The molecule has 1 saturated carbocycles. The van der Waals surface area contributed by atoms with Gasteiger partial charge in [0.2, 0.25) is 11.8 Å². The van der Waals surface area contributed by atoms with E-state index < -0.39 is 11.9 Å². The largest absolute Gasteiger partial charge is 0.481 e. The average Bonchev–Trinajstić information content (AvgIpc) is 3.22. The van der Waals surface area contributed by atoms with Gasteiger partial charge in [0, 0.05) is 45.7 Å². The monoisotopic (exact) mass is 393 g/mol. The summed E-state index contributed by atoms with van der Waals surface area (Å²) >= 11 is 0. The van der Waals surface area contributed by atoms with Gasteiger partial charge in [-0.25, -0.2) is 0 Å². The molecule has 158 valence electrons. The summed E-state index contributed by atoms with van der Waals surface area (Å²) in [7, 11) is 0. The van der Waals surface area contributed by atoms with Crippen molar-refractivity contribution in [2.75, 3.05) is 45.8 Å². The lowest BCUT2D eigenvalue weighted by Gasteiger charge is -2.37. The Morgan fingerprint density at radius 3 is 2.04 bits per heavy atom. The van der Waals surface area contributed by atoms with Crippen LogP contribution >= 0.6 is 0 Å². The second-order valence-corrected chi connectivity index (χ2v) is 8.65. The lowest BCUT2D eigenvalue weighted by atomic mass is 9.87. The Morgan fingerprint density at radius 1 is 0.893 bits per heavy atom. The molecular formula is C21H35N3O4. The number of hydrogen-bond donors (Lipinski definition) is 1. The number of hydrogen-bond acceptors (Lipinski definition) is 4. The smallest absolute Gasteiger partial charge is 0.316 e. The predicted octanol–water partition coefficient (Wildman–Crippen LogP) is 1.67. The first-order valence-corrected chi connectivity index (χ1v) is 11.0. The Balaban J connectivity index is 1.45. The molecule has 7 heteroatoms. The normalized spacial score (nSPS) is 23.8. The first kappa shape index (κ1) is 21.1. The van der Waals surface area contributed by atoms with E-state index in [0.717, 1.165) is 71.2 Å². The third-order valence-corrected chi connectivity index (χ3v) is 6.97. The molecular weight excluding hydrogens is 358 g/mol. The van der Waals surface area contributed by atoms with Crippen molar-refractivity contribution in [2.45, 2.75) is 51.9 Å². The standard InChI is InChI=1S/C21H35N3O4/c1-2-22-11-13-23(14-12-22)18(25)15-16-7-9-24(10-8-16)20(26)19(21(27)28)17-5-3-4-6-17/h16-17,19H,2-15H2,1H3,(H,27,28). The first-order chi connectivity index (χ1) is 13.5. The molecule has 1 N–H and O–H groups in total. The summed E-state index contributed by atoms with van der Waals surface area (Å²) in [6, 6.07) is 0. The Labute approximate surface area is 168 Å². The fourth-order valence-corrected chi connectivity index (χ4v) is 5.04. The molecule has 3 fully saturated rings. The van der Waals surface area contributed by atoms with Crippen molar-refractivity contribution in [3.63, 3.8) is 0 Å². The van der Waals surface area contributed by atoms with Gasteiger partial charge in [-0.1, -0.05) is 19.8 Å². The molecule has 1 aliphatic carbocycles. The Kier molecular flexibility index (Phi) is 7.32. The molecule has 0 aromatic carbocycles. The second-order valence-electron chi connectivity index (χ2n) is 8.65. The third kappa shape index (κ3) is 5.04. The number of piperazine rings is 1. The van der Waals surface area contributed by atoms with Gasteiger partial charge >= 0.3 is 5.97 Å². The minimum atomic E-state index is -0.972. The maximum absolute atomic E-state index is 12.8. The maximum atomic E-state index is 12.8. The van der Waals surface area contributed by atoms with Crippen LogP contribution in [-0.2, 0) is 14.4 Å². The third-order valence-electron chi connectivity index (χ3n) is 6.97. The molecule has 1 atom stereocenters. The van der Waals surface area contributed by atoms with Crippen molar-refractivity contribution >= 4 is 17.8 Å². The van der Waals surface area contributed by atoms with E-state index in [4.69, 9.17) is 0 Å². The molecule has 3 rings (SSSR count). The number of carbonyl (C=O) groups excluding carboxylic acids is 2. The molecule has 28 heavy (non-hydrogen) atoms. The summed E-state index contributed by atoms with van der Waals surface area (Å²) in [5.74, 6) is -1.53. The summed E-state index contributed by atoms with van der Waals surface area (Å²) in [6.07, 6.45) is 5.89. The molecule has 0 bridgehead atoms. The number of carboxylic acids is 1. The van der Waals surface area contributed by atoms with E-state index in [0.29, 0.717) is 25.4 Å². The van der Waals surface area contributed by atoms with Crippen LogP contribution in [0.5, 0.6) is 0 Å². The van der Waals surface area contributed by atoms with Crippen molar-refractivity contribution in [1.82, 2.24) is 14.7 Å². The van der Waals surface area contributed by atoms with Crippen molar-refractivity contribution < 1.29 is 19.5 Å². The molecule has 2 amide bonds. The van der Waals surface area contributed by atoms with Crippen molar-refractivity contribution in [2.24, 2.45) is 17.8 Å². The van der Waals surface area contributed by atoms with E-state index in [1.165, 1.54) is 0 Å². The van der Waals surface area contributed by atoms with E-state index in [-0.39, 0.29) is 17.7 Å². The predicted molar refractivity (Wildman–Crippen MR) is 106 cm³/mol. The van der Waals surface area contributed by atoms with Crippen LogP contribution in [0.1, 0.15) is 51.9 Å². The highest BCUT2D eigenvalue weighted by Gasteiger charge is 2.39. The van der Waals surface area contributed by atoms with Gasteiger partial charge in [-0.05, 0) is 44.1 Å². The number of amides is 2. The number of aliphatic carboxylic acids is 1. The zero-order valence-electron chi connectivity index (χ0n) is 17.1. The number of likely N-dealkylation sites (N-methyl/N-ethyl adjacent to an activating group) is 1. The van der Waals surface area contributed by atoms with E-state index >= 15 is 0 Å². The maximum Gasteiger partial charge on any atom is 0.316 e. The summed E-state index contributed by atoms with van der Waals surface area (Å²) < 4.78 is 0. The van der Waals surface area contributed by atoms with Crippen LogP contribution < -0.4 is 0 Å². The topological polar surface area (TPSA) is 81.2 Å². The zero-order chi connectivity index (χ0) is 20.1. The fraction of sp³-hybridized carbons (Fsp3) is 0.857. The van der Waals surface area contributed by atoms with Crippen LogP contribution in [0.2, 0.25) is 0 Å². The number of likely N-dealkylation sites (tertiary alicyclic amines) is 1. The molecule has 0 aromatic heterocycles. The van der Waals surface area contributed by atoms with Gasteiger partial charge in [-0.3, -0.25) is 14.4 Å². The van der Waals surface area contributed by atoms with Crippen molar-refractivity contribution in [3.05, 3.63) is 0 Å². The summed E-state index contributed by atoms with van der Waals surface area (Å²) in [5.41, 5.74) is 0. The molecule has 0 radical (unpaired) electrons. The molecule has 7 nitrogen and oxygen atoms in total. The summed E-state index contributed by atoms with van der Waals surface area (Å²) in [6.45, 7) is 7.87. The number of piperidine rings is 1. The van der Waals surface area contributed by atoms with Gasteiger partial charge in [0.05, 0.1) is 0 Å². The van der Waals surface area contributed by atoms with Crippen molar-refractivity contribution in [1.29, 1.82) is 0 Å². The molecule has 3 aliphatic rings. The second kappa shape index (κ2) is 9.72. The van der Waals surface area contributed by atoms with Crippen LogP contribution in [0.15, 0.2) is 0 Å². The van der Waals surface area contributed by atoms with Crippen LogP contribution in [-0.4, -0.2) is 83.4 Å². The zero-order valence-corrected chi connectivity index (χ0v) is 17.1. The average molecular weight is 394 g/mol. The van der Waals surface area contributed by atoms with Gasteiger partial charge in [0.25, 0.3) is 0 Å². The lowest BCUT2D eigenvalue weighted by Crippen LogP contribution is -2.49. The molecule has 1 unspecified atom stereocenters. The van der Waals surface area contributed by atoms with E-state index in [2.05, 4.69) is 11.8 Å². The molecule has 2 saturated heterocycles. The number of carbonyl (C=O) groups is 3. The highest BCUT2D eigenvalue weighted by atomic mass is 16.4. The fourth-order valence-electron chi connectivity index (χ4n) is 5.04. The summed E-state index contributed by atoms with van der Waals surface area (Å²) in [4.78, 5) is 43.2. The van der Waals surface area contributed by atoms with E-state index in [1.807, 2.05) is 4.90 Å². The Bertz CT molecular complexity index is 560. The molecule has 0 spiro atoms. The molecule has 0 aromatic rings. The van der Waals surface area contributed by atoms with Gasteiger partial charge in [0.15, 0.2) is 0 Å². The van der Waals surface area contributed by atoms with Gasteiger partial charge in [-0.15, -0.1) is 0 Å². The van der Waals surface area contributed by atoms with Crippen LogP contribution in [0.3, 0.4) is 0 Å². The minimum absolute atomic E-state index is 0.00825. The quantitative estimate of drug-likeness (QED) is 0.694. The van der Waals surface area contributed by atoms with E-state index in [9.17, 15) is 19.5 Å². The van der Waals surface area contributed by atoms with E-state index in [1.54, 1.807) is 4.90 Å². The molecule has 2 heterocycles. The number of rotatable bonds is 6. The Morgan fingerprint density at radius 2 is 1.50 bits per heavy atom. The van der Waals surface area contributed by atoms with Crippen LogP contribution in [0.25, 0.3) is 0 Å². The highest BCUT2D eigenvalue weighted by Crippen LogP contribution is 2.33. The van der Waals surface area contributed by atoms with Crippen LogP contribution in [0.4, 0.5) is 0 Å². The lowest BCUT2D eigenvalue weighted by molar-refractivity contribution is -0.154. The van der Waals surface area contributed by atoms with Gasteiger partial charge < -0.3 is 19.8 Å².